The quantitative estimate of drug-likeness (QED) is 0.250. The van der Waals surface area contributed by atoms with Gasteiger partial charge in [-0.05, 0) is 55.2 Å². The second-order valence-corrected chi connectivity index (χ2v) is 11.8. The Morgan fingerprint density at radius 1 is 0.860 bits per heavy atom. The van der Waals surface area contributed by atoms with Gasteiger partial charge in [0.1, 0.15) is 12.1 Å². The van der Waals surface area contributed by atoms with Crippen LogP contribution in [0.4, 0.5) is 0 Å². The first kappa shape index (κ1) is 33.5. The fraction of sp³-hybridized carbons (Fsp3) is 0.400. The van der Waals surface area contributed by atoms with Crippen LogP contribution in [0.25, 0.3) is 10.8 Å². The first-order valence-electron chi connectivity index (χ1n) is 14.8. The molecule has 3 atom stereocenters. The maximum atomic E-state index is 14.2. The van der Waals surface area contributed by atoms with Crippen LogP contribution < -0.4 is 10.6 Å². The number of carbonyl (C=O) groups is 3. The summed E-state index contributed by atoms with van der Waals surface area (Å²) in [5, 5.41) is 17.7. The van der Waals surface area contributed by atoms with Crippen molar-refractivity contribution in [2.45, 2.75) is 63.8 Å². The smallest absolute Gasteiger partial charge is 0.246 e. The van der Waals surface area contributed by atoms with Crippen LogP contribution in [-0.2, 0) is 27.2 Å². The van der Waals surface area contributed by atoms with E-state index in [2.05, 4.69) is 10.6 Å². The maximum absolute atomic E-state index is 14.2. The number of likely N-dealkylation sites (N-methyl/N-ethyl adjacent to an activating group) is 3. The van der Waals surface area contributed by atoms with Gasteiger partial charge in [-0.15, -0.1) is 0 Å². The Bertz CT molecular complexity index is 1400. The largest absolute Gasteiger partial charge is 0.392 e. The van der Waals surface area contributed by atoms with Gasteiger partial charge >= 0.3 is 0 Å². The first-order chi connectivity index (χ1) is 20.4. The highest BCUT2D eigenvalue weighted by molar-refractivity contribution is 5.95. The van der Waals surface area contributed by atoms with Crippen molar-refractivity contribution in [3.63, 3.8) is 0 Å². The minimum absolute atomic E-state index is 0.273. The maximum Gasteiger partial charge on any atom is 0.246 e. The number of benzene rings is 3. The van der Waals surface area contributed by atoms with E-state index in [4.69, 9.17) is 0 Å². The summed E-state index contributed by atoms with van der Waals surface area (Å²) in [6.07, 6.45) is 3.99. The Morgan fingerprint density at radius 2 is 1.49 bits per heavy atom. The molecule has 43 heavy (non-hydrogen) atoms. The van der Waals surface area contributed by atoms with Gasteiger partial charge in [0.2, 0.25) is 17.7 Å². The lowest BCUT2D eigenvalue weighted by molar-refractivity contribution is -0.146. The summed E-state index contributed by atoms with van der Waals surface area (Å²) < 4.78 is 0. The molecule has 3 aromatic carbocycles. The summed E-state index contributed by atoms with van der Waals surface area (Å²) >= 11 is 0. The summed E-state index contributed by atoms with van der Waals surface area (Å²) in [5.41, 5.74) is 1.52. The molecule has 8 nitrogen and oxygen atoms in total. The van der Waals surface area contributed by atoms with Gasteiger partial charge < -0.3 is 25.5 Å². The van der Waals surface area contributed by atoms with Crippen molar-refractivity contribution >= 4 is 28.5 Å². The standard InChI is InChI=1S/C35H46N4O4/c1-25(40)24-37-35(2,3)20-12-17-32(41)38(5)31(23-27-18-19-28-15-10-11-16-29(28)21-27)34(43)39(6)30(33(42)36-4)22-26-13-8-7-9-14-26/h7-19,21,25,30-31,37,40H,20,22-24H2,1-6H3,(H,36,42)/b17-12+/t25-,30-,31+/m1/s1. The molecule has 0 aliphatic rings. The lowest BCUT2D eigenvalue weighted by Gasteiger charge is -2.34. The molecule has 0 spiro atoms. The summed E-state index contributed by atoms with van der Waals surface area (Å²) in [4.78, 5) is 43.6. The fourth-order valence-electron chi connectivity index (χ4n) is 5.00. The third-order valence-corrected chi connectivity index (χ3v) is 7.74. The summed E-state index contributed by atoms with van der Waals surface area (Å²) in [6.45, 7) is 6.16. The van der Waals surface area contributed by atoms with Crippen molar-refractivity contribution in [3.8, 4) is 0 Å². The number of carbonyl (C=O) groups excluding carboxylic acids is 3. The van der Waals surface area contributed by atoms with Crippen LogP contribution in [0.3, 0.4) is 0 Å². The van der Waals surface area contributed by atoms with Gasteiger partial charge in [-0.2, -0.15) is 0 Å². The Balaban J connectivity index is 1.88. The number of aliphatic hydroxyl groups excluding tert-OH is 1. The predicted octanol–water partition coefficient (Wildman–Crippen LogP) is 3.72. The van der Waals surface area contributed by atoms with Gasteiger partial charge in [0, 0.05) is 46.1 Å². The SMILES string of the molecule is CNC(=O)[C@@H](Cc1ccccc1)N(C)C(=O)[C@H](Cc1ccc2ccccc2c1)N(C)C(=O)/C=C/CC(C)(C)NC[C@@H](C)O. The highest BCUT2D eigenvalue weighted by Gasteiger charge is 2.34. The monoisotopic (exact) mass is 586 g/mol. The number of nitrogens with one attached hydrogen (secondary N) is 2. The Morgan fingerprint density at radius 3 is 2.14 bits per heavy atom. The Labute approximate surface area is 255 Å². The molecule has 230 valence electrons. The number of fused-ring (bicyclic) bond motifs is 1. The van der Waals surface area contributed by atoms with Gasteiger partial charge in [-0.1, -0.05) is 78.9 Å². The van der Waals surface area contributed by atoms with E-state index in [1.165, 1.54) is 15.9 Å². The van der Waals surface area contributed by atoms with Gasteiger partial charge in [0.15, 0.2) is 0 Å². The van der Waals surface area contributed by atoms with E-state index in [0.717, 1.165) is 21.9 Å². The summed E-state index contributed by atoms with van der Waals surface area (Å²) in [7, 11) is 4.82. The van der Waals surface area contributed by atoms with Gasteiger partial charge in [-0.3, -0.25) is 14.4 Å². The van der Waals surface area contributed by atoms with Crippen molar-refractivity contribution in [1.29, 1.82) is 0 Å². The van der Waals surface area contributed by atoms with Crippen LogP contribution in [-0.4, -0.2) is 84.0 Å². The molecule has 0 bridgehead atoms. The molecule has 0 fully saturated rings. The zero-order valence-corrected chi connectivity index (χ0v) is 26.2. The number of hydrogen-bond donors (Lipinski definition) is 3. The highest BCUT2D eigenvalue weighted by Crippen LogP contribution is 2.20. The zero-order chi connectivity index (χ0) is 31.6. The molecule has 0 radical (unpaired) electrons. The summed E-state index contributed by atoms with van der Waals surface area (Å²) in [5.74, 6) is -0.899. The molecular weight excluding hydrogens is 540 g/mol. The van der Waals surface area contributed by atoms with E-state index in [0.29, 0.717) is 19.4 Å². The second kappa shape index (κ2) is 15.5. The molecule has 3 N–H and O–H groups in total. The molecule has 0 aliphatic carbocycles. The minimum atomic E-state index is -0.840. The number of amides is 3. The van der Waals surface area contributed by atoms with Crippen LogP contribution in [0.15, 0.2) is 84.9 Å². The molecule has 0 unspecified atom stereocenters. The van der Waals surface area contributed by atoms with Crippen molar-refractivity contribution in [2.24, 2.45) is 0 Å². The second-order valence-electron chi connectivity index (χ2n) is 11.8. The lowest BCUT2D eigenvalue weighted by Crippen LogP contribution is -2.55. The van der Waals surface area contributed by atoms with Crippen LogP contribution in [0.2, 0.25) is 0 Å². The van der Waals surface area contributed by atoms with Crippen molar-refractivity contribution < 1.29 is 19.5 Å². The van der Waals surface area contributed by atoms with E-state index < -0.39 is 18.2 Å². The van der Waals surface area contributed by atoms with Crippen LogP contribution in [0, 0.1) is 0 Å². The third-order valence-electron chi connectivity index (χ3n) is 7.74. The van der Waals surface area contributed by atoms with E-state index in [1.54, 1.807) is 34.1 Å². The number of hydrogen-bond acceptors (Lipinski definition) is 5. The number of aliphatic hydroxyl groups is 1. The molecule has 3 aromatic rings. The van der Waals surface area contributed by atoms with Gasteiger partial charge in [0.25, 0.3) is 0 Å². The summed E-state index contributed by atoms with van der Waals surface area (Å²) in [6, 6.07) is 22.0. The minimum Gasteiger partial charge on any atom is -0.392 e. The molecule has 0 heterocycles. The molecule has 3 rings (SSSR count). The Kier molecular flexibility index (Phi) is 12.0. The molecule has 0 aromatic heterocycles. The zero-order valence-electron chi connectivity index (χ0n) is 26.2. The van der Waals surface area contributed by atoms with Crippen LogP contribution >= 0.6 is 0 Å². The van der Waals surface area contributed by atoms with E-state index in [9.17, 15) is 19.5 Å². The highest BCUT2D eigenvalue weighted by atomic mass is 16.3. The molecule has 8 heteroatoms. The molecular formula is C35H46N4O4. The number of β-amino-alcohol motifs (C(OH)–C–C–N with tert-alkyl or cyclic N) is 1. The van der Waals surface area contributed by atoms with Crippen molar-refractivity contribution in [2.75, 3.05) is 27.7 Å². The molecule has 0 saturated carbocycles. The van der Waals surface area contributed by atoms with Gasteiger partial charge in [0.05, 0.1) is 6.10 Å². The average molecular weight is 587 g/mol. The van der Waals surface area contributed by atoms with E-state index in [1.807, 2.05) is 86.6 Å². The van der Waals surface area contributed by atoms with Crippen molar-refractivity contribution in [1.82, 2.24) is 20.4 Å². The van der Waals surface area contributed by atoms with Crippen LogP contribution in [0.1, 0.15) is 38.3 Å². The van der Waals surface area contributed by atoms with E-state index in [-0.39, 0.29) is 29.7 Å². The van der Waals surface area contributed by atoms with Gasteiger partial charge in [-0.25, -0.2) is 0 Å². The molecule has 0 aliphatic heterocycles. The third kappa shape index (κ3) is 9.76. The number of rotatable bonds is 14. The molecule has 3 amide bonds. The lowest BCUT2D eigenvalue weighted by atomic mass is 9.98. The Hall–Kier alpha value is -4.01. The first-order valence-corrected chi connectivity index (χ1v) is 14.8. The predicted molar refractivity (Wildman–Crippen MR) is 173 cm³/mol. The normalized spacial score (nSPS) is 13.8. The average Bonchev–Trinajstić information content (AvgIpc) is 3.00. The number of nitrogens with zero attached hydrogens (tertiary/aromatic N) is 2. The van der Waals surface area contributed by atoms with Crippen molar-refractivity contribution in [3.05, 3.63) is 96.1 Å². The van der Waals surface area contributed by atoms with E-state index >= 15 is 0 Å². The fourth-order valence-corrected chi connectivity index (χ4v) is 5.00. The molecule has 0 saturated heterocycles. The van der Waals surface area contributed by atoms with Crippen LogP contribution in [0.5, 0.6) is 0 Å². The topological polar surface area (TPSA) is 102 Å².